The third-order valence-electron chi connectivity index (χ3n) is 3.85. The van der Waals surface area contributed by atoms with E-state index < -0.39 is 0 Å². The summed E-state index contributed by atoms with van der Waals surface area (Å²) in [5.41, 5.74) is 4.41. The average Bonchev–Trinajstić information content (AvgIpc) is 2.56. The van der Waals surface area contributed by atoms with Crippen LogP contribution < -0.4 is 14.8 Å². The first-order chi connectivity index (χ1) is 11.5. The van der Waals surface area contributed by atoms with Crippen LogP contribution in [0.1, 0.15) is 22.3 Å². The zero-order chi connectivity index (χ0) is 17.5. The van der Waals surface area contributed by atoms with Gasteiger partial charge in [-0.2, -0.15) is 0 Å². The van der Waals surface area contributed by atoms with E-state index in [0.717, 1.165) is 34.6 Å². The van der Waals surface area contributed by atoms with Crippen molar-refractivity contribution in [2.45, 2.75) is 27.2 Å². The zero-order valence-corrected chi connectivity index (χ0v) is 14.8. The summed E-state index contributed by atoms with van der Waals surface area (Å²) in [6.07, 6.45) is 0.722. The minimum absolute atomic E-state index is 0.0231. The number of ether oxygens (including phenoxy) is 2. The van der Waals surface area contributed by atoms with Crippen LogP contribution in [-0.2, 0) is 11.2 Å². The van der Waals surface area contributed by atoms with Crippen LogP contribution in [0.5, 0.6) is 11.5 Å². The van der Waals surface area contributed by atoms with Gasteiger partial charge in [-0.25, -0.2) is 0 Å². The molecule has 128 valence electrons. The van der Waals surface area contributed by atoms with Crippen LogP contribution in [0.3, 0.4) is 0 Å². The van der Waals surface area contributed by atoms with Crippen LogP contribution in [0.4, 0.5) is 0 Å². The normalized spacial score (nSPS) is 10.3. The molecule has 2 rings (SSSR count). The number of carbonyl (C=O) groups excluding carboxylic acids is 1. The average molecular weight is 327 g/mol. The van der Waals surface area contributed by atoms with E-state index in [1.54, 1.807) is 7.11 Å². The highest BCUT2D eigenvalue weighted by molar-refractivity contribution is 5.77. The Morgan fingerprint density at radius 2 is 1.71 bits per heavy atom. The second-order valence-electron chi connectivity index (χ2n) is 5.97. The Kier molecular flexibility index (Phi) is 6.24. The van der Waals surface area contributed by atoms with Crippen LogP contribution in [0, 0.1) is 20.8 Å². The predicted molar refractivity (Wildman–Crippen MR) is 95.9 cm³/mol. The Hall–Kier alpha value is -2.49. The molecule has 0 atom stereocenters. The molecule has 0 aliphatic heterocycles. The van der Waals surface area contributed by atoms with Gasteiger partial charge < -0.3 is 14.8 Å². The van der Waals surface area contributed by atoms with E-state index in [2.05, 4.69) is 11.4 Å². The van der Waals surface area contributed by atoms with Crippen molar-refractivity contribution in [2.75, 3.05) is 20.3 Å². The third-order valence-corrected chi connectivity index (χ3v) is 3.85. The first-order valence-corrected chi connectivity index (χ1v) is 8.10. The molecule has 0 aliphatic carbocycles. The van der Waals surface area contributed by atoms with Crippen molar-refractivity contribution in [1.29, 1.82) is 0 Å². The quantitative estimate of drug-likeness (QED) is 0.848. The molecule has 0 aromatic heterocycles. The Bertz CT molecular complexity index is 710. The monoisotopic (exact) mass is 327 g/mol. The number of benzene rings is 2. The second-order valence-corrected chi connectivity index (χ2v) is 5.97. The van der Waals surface area contributed by atoms with Crippen LogP contribution in [-0.4, -0.2) is 26.2 Å². The van der Waals surface area contributed by atoms with Crippen LogP contribution >= 0.6 is 0 Å². The molecule has 1 N–H and O–H groups in total. The third kappa shape index (κ3) is 5.01. The van der Waals surface area contributed by atoms with Gasteiger partial charge in [-0.1, -0.05) is 29.8 Å². The number of aryl methyl sites for hydroxylation is 3. The molecule has 4 nitrogen and oxygen atoms in total. The van der Waals surface area contributed by atoms with Gasteiger partial charge in [0, 0.05) is 6.54 Å². The van der Waals surface area contributed by atoms with Gasteiger partial charge in [0.05, 0.1) is 7.11 Å². The highest BCUT2D eigenvalue weighted by Gasteiger charge is 2.07. The maximum absolute atomic E-state index is 12.0. The van der Waals surface area contributed by atoms with Gasteiger partial charge in [-0.3, -0.25) is 4.79 Å². The van der Waals surface area contributed by atoms with Crippen molar-refractivity contribution in [3.05, 3.63) is 58.7 Å². The van der Waals surface area contributed by atoms with E-state index in [0.29, 0.717) is 6.54 Å². The number of methoxy groups -OCH3 is 1. The number of carbonyl (C=O) groups is 1. The zero-order valence-electron chi connectivity index (χ0n) is 14.8. The van der Waals surface area contributed by atoms with E-state index >= 15 is 0 Å². The smallest absolute Gasteiger partial charge is 0.257 e. The number of nitrogens with one attached hydrogen (secondary N) is 1. The lowest BCUT2D eigenvalue weighted by Gasteiger charge is -2.12. The van der Waals surface area contributed by atoms with E-state index in [4.69, 9.17) is 9.47 Å². The minimum Gasteiger partial charge on any atom is -0.496 e. The molecule has 1 amide bonds. The van der Waals surface area contributed by atoms with Crippen molar-refractivity contribution < 1.29 is 14.3 Å². The molecule has 0 spiro atoms. The summed E-state index contributed by atoms with van der Waals surface area (Å²) in [7, 11) is 1.66. The molecule has 0 fully saturated rings. The van der Waals surface area contributed by atoms with E-state index in [1.807, 2.05) is 51.1 Å². The Morgan fingerprint density at radius 3 is 2.46 bits per heavy atom. The van der Waals surface area contributed by atoms with Crippen LogP contribution in [0.25, 0.3) is 0 Å². The number of amides is 1. The Morgan fingerprint density at radius 1 is 1.00 bits per heavy atom. The first kappa shape index (κ1) is 17.9. The topological polar surface area (TPSA) is 47.6 Å². The lowest BCUT2D eigenvalue weighted by molar-refractivity contribution is -0.123. The van der Waals surface area contributed by atoms with Gasteiger partial charge in [0.25, 0.3) is 5.91 Å². The molecule has 0 unspecified atom stereocenters. The molecule has 24 heavy (non-hydrogen) atoms. The summed E-state index contributed by atoms with van der Waals surface area (Å²) < 4.78 is 11.0. The van der Waals surface area contributed by atoms with Crippen LogP contribution in [0.15, 0.2) is 36.4 Å². The molecule has 4 heteroatoms. The standard InChI is InChI=1S/C20H25NO3/c1-14-6-8-18(23-4)17(11-14)9-10-21-20(22)13-24-19-12-15(2)5-7-16(19)3/h5-8,11-12H,9-10,13H2,1-4H3,(H,21,22). The first-order valence-electron chi connectivity index (χ1n) is 8.10. The van der Waals surface area contributed by atoms with Gasteiger partial charge in [-0.05, 0) is 56.0 Å². The fraction of sp³-hybridized carbons (Fsp3) is 0.350. The lowest BCUT2D eigenvalue weighted by atomic mass is 10.1. The maximum Gasteiger partial charge on any atom is 0.257 e. The highest BCUT2D eigenvalue weighted by atomic mass is 16.5. The Labute approximate surface area is 143 Å². The lowest BCUT2D eigenvalue weighted by Crippen LogP contribution is -2.30. The molecular formula is C20H25NO3. The summed E-state index contributed by atoms with van der Waals surface area (Å²) in [6.45, 7) is 6.59. The SMILES string of the molecule is COc1ccc(C)cc1CCNC(=O)COc1cc(C)ccc1C. The van der Waals surface area contributed by atoms with Gasteiger partial charge in [0.15, 0.2) is 6.61 Å². The molecule has 0 saturated heterocycles. The van der Waals surface area contributed by atoms with Gasteiger partial charge in [-0.15, -0.1) is 0 Å². The van der Waals surface area contributed by atoms with Gasteiger partial charge >= 0.3 is 0 Å². The van der Waals surface area contributed by atoms with Crippen molar-refractivity contribution in [2.24, 2.45) is 0 Å². The molecule has 2 aromatic rings. The summed E-state index contributed by atoms with van der Waals surface area (Å²) >= 11 is 0. The fourth-order valence-electron chi connectivity index (χ4n) is 2.50. The van der Waals surface area contributed by atoms with Gasteiger partial charge in [0.2, 0.25) is 0 Å². The molecule has 0 radical (unpaired) electrons. The van der Waals surface area contributed by atoms with Crippen molar-refractivity contribution in [1.82, 2.24) is 5.32 Å². The summed E-state index contributed by atoms with van der Waals surface area (Å²) in [4.78, 5) is 12.0. The second kappa shape index (κ2) is 8.39. The van der Waals surface area contributed by atoms with E-state index in [1.165, 1.54) is 5.56 Å². The largest absolute Gasteiger partial charge is 0.496 e. The minimum atomic E-state index is -0.123. The summed E-state index contributed by atoms with van der Waals surface area (Å²) in [5, 5.41) is 2.89. The van der Waals surface area contributed by atoms with Crippen LogP contribution in [0.2, 0.25) is 0 Å². The number of hydrogen-bond acceptors (Lipinski definition) is 3. The molecule has 0 saturated carbocycles. The Balaban J connectivity index is 1.81. The van der Waals surface area contributed by atoms with E-state index in [-0.39, 0.29) is 12.5 Å². The summed E-state index contributed by atoms with van der Waals surface area (Å²) in [5.74, 6) is 1.48. The molecule has 0 heterocycles. The molecule has 2 aromatic carbocycles. The fourth-order valence-corrected chi connectivity index (χ4v) is 2.50. The number of hydrogen-bond donors (Lipinski definition) is 1. The maximum atomic E-state index is 12.0. The number of rotatable bonds is 7. The summed E-state index contributed by atoms with van der Waals surface area (Å²) in [6, 6.07) is 12.0. The van der Waals surface area contributed by atoms with E-state index in [9.17, 15) is 4.79 Å². The van der Waals surface area contributed by atoms with Crippen molar-refractivity contribution in [3.63, 3.8) is 0 Å². The molecule has 0 bridgehead atoms. The van der Waals surface area contributed by atoms with Crippen molar-refractivity contribution >= 4 is 5.91 Å². The molecular weight excluding hydrogens is 302 g/mol. The highest BCUT2D eigenvalue weighted by Crippen LogP contribution is 2.20. The molecule has 0 aliphatic rings. The van der Waals surface area contributed by atoms with Crippen molar-refractivity contribution in [3.8, 4) is 11.5 Å². The predicted octanol–water partition coefficient (Wildman–Crippen LogP) is 3.36. The van der Waals surface area contributed by atoms with Gasteiger partial charge in [0.1, 0.15) is 11.5 Å².